The minimum Gasteiger partial charge on any atom is -0.481 e. The van der Waals surface area contributed by atoms with Gasteiger partial charge in [0.25, 0.3) is 0 Å². The number of carboxylic acids is 2. The van der Waals surface area contributed by atoms with E-state index in [1.165, 1.54) is 0 Å². The summed E-state index contributed by atoms with van der Waals surface area (Å²) in [6.07, 6.45) is -0.334. The lowest BCUT2D eigenvalue weighted by molar-refractivity contribution is -0.166. The van der Waals surface area contributed by atoms with Gasteiger partial charge in [-0.2, -0.15) is 0 Å². The van der Waals surface area contributed by atoms with Crippen molar-refractivity contribution in [1.82, 2.24) is 0 Å². The monoisotopic (exact) mass is 953 g/mol. The molecule has 0 aromatic heterocycles. The van der Waals surface area contributed by atoms with Crippen LogP contribution in [0.2, 0.25) is 0 Å². The topological polar surface area (TPSA) is 223 Å². The number of carbonyl (C=O) groups is 8. The number of rotatable bonds is 8. The average molecular weight is 953 g/mol. The van der Waals surface area contributed by atoms with Crippen LogP contribution in [-0.4, -0.2) is 89.8 Å². The summed E-state index contributed by atoms with van der Waals surface area (Å²) in [5, 5.41) is 21.2. The molecule has 1 rings (SSSR count). The molecule has 8 atom stereocenters. The Morgan fingerprint density at radius 1 is 0.522 bits per heavy atom. The van der Waals surface area contributed by atoms with Gasteiger partial charge in [-0.3, -0.25) is 38.4 Å². The van der Waals surface area contributed by atoms with Crippen molar-refractivity contribution in [3.63, 3.8) is 0 Å². The molecular formula is C52H88O15. The molecule has 0 bridgehead atoms. The highest BCUT2D eigenvalue weighted by molar-refractivity contribution is 5.84. The first kappa shape index (κ1) is 61.0. The number of aliphatic carboxylic acids is 2. The van der Waals surface area contributed by atoms with Gasteiger partial charge in [-0.15, -0.1) is 0 Å². The molecule has 0 aliphatic carbocycles. The molecule has 1 aliphatic rings. The zero-order valence-electron chi connectivity index (χ0n) is 44.1. The van der Waals surface area contributed by atoms with Crippen molar-refractivity contribution < 1.29 is 72.3 Å². The van der Waals surface area contributed by atoms with Crippen molar-refractivity contribution in [3.8, 4) is 0 Å². The highest BCUT2D eigenvalue weighted by Crippen LogP contribution is 2.39. The lowest BCUT2D eigenvalue weighted by Gasteiger charge is -2.33. The molecule has 1 fully saturated rings. The number of ketones is 1. The summed E-state index contributed by atoms with van der Waals surface area (Å²) in [6.45, 7) is 29.6. The highest BCUT2D eigenvalue weighted by Gasteiger charge is 2.42. The summed E-state index contributed by atoms with van der Waals surface area (Å²) in [4.78, 5) is 109. The van der Waals surface area contributed by atoms with E-state index in [-0.39, 0.29) is 95.9 Å². The zero-order valence-corrected chi connectivity index (χ0v) is 44.1. The van der Waals surface area contributed by atoms with E-state index in [0.717, 1.165) is 0 Å². The molecule has 1 aliphatic heterocycles. The first-order valence-corrected chi connectivity index (χ1v) is 24.2. The Morgan fingerprint density at radius 2 is 0.910 bits per heavy atom. The van der Waals surface area contributed by atoms with E-state index in [1.807, 2.05) is 62.3 Å². The van der Waals surface area contributed by atoms with Crippen LogP contribution in [0.15, 0.2) is 0 Å². The van der Waals surface area contributed by atoms with Gasteiger partial charge in [0.1, 0.15) is 37.8 Å². The largest absolute Gasteiger partial charge is 0.481 e. The summed E-state index contributed by atoms with van der Waals surface area (Å²) in [5.74, 6) is -14.5. The van der Waals surface area contributed by atoms with Gasteiger partial charge in [0, 0.05) is 12.3 Å². The molecule has 67 heavy (non-hydrogen) atoms. The standard InChI is InChI=1S/C52H88O15/c1-31(2)38-26-32(40(53)30-50(9,10)11)22-33(41(54)55)24-36(28-48(3,4)5)43(58)63-18-19-64-44(59)37(29-49(6,7)8)25-35(45(60)67-52(15,16)17)23-34(42(56)57)27-39(51(12,13)14)47(62)66-21-20-65-46(38)61/h31-39H,18-30H2,1-17H3,(H,54,55)(H,56,57). The second-order valence-electron chi connectivity index (χ2n) is 25.0. The number of Topliss-reactive ketones (excluding diaryl/α,β-unsaturated/α-hetero) is 1. The number of carboxylic acid groups (broad SMARTS) is 2. The van der Waals surface area contributed by atoms with Gasteiger partial charge < -0.3 is 33.9 Å². The van der Waals surface area contributed by atoms with E-state index in [4.69, 9.17) is 23.7 Å². The minimum absolute atomic E-state index is 0.0160. The zero-order chi connectivity index (χ0) is 52.0. The van der Waals surface area contributed by atoms with Crippen LogP contribution in [-0.2, 0) is 62.0 Å². The third-order valence-electron chi connectivity index (χ3n) is 11.9. The van der Waals surface area contributed by atoms with E-state index >= 15 is 0 Å². The molecule has 0 saturated carbocycles. The van der Waals surface area contributed by atoms with E-state index in [0.29, 0.717) is 0 Å². The molecule has 0 aromatic carbocycles. The van der Waals surface area contributed by atoms with Crippen molar-refractivity contribution in [2.24, 2.45) is 74.9 Å². The van der Waals surface area contributed by atoms with Crippen molar-refractivity contribution in [3.05, 3.63) is 0 Å². The van der Waals surface area contributed by atoms with Crippen LogP contribution >= 0.6 is 0 Å². The molecule has 1 heterocycles. The van der Waals surface area contributed by atoms with Crippen LogP contribution in [0.5, 0.6) is 0 Å². The molecule has 15 nitrogen and oxygen atoms in total. The Labute approximate surface area is 401 Å². The molecule has 0 radical (unpaired) electrons. The Bertz CT molecular complexity index is 1680. The second kappa shape index (κ2) is 25.5. The van der Waals surface area contributed by atoms with Gasteiger partial charge in [-0.05, 0) is 99.7 Å². The average Bonchev–Trinajstić information content (AvgIpc) is 3.12. The Kier molecular flexibility index (Phi) is 23.2. The van der Waals surface area contributed by atoms with E-state index in [2.05, 4.69) is 0 Å². The maximum absolute atomic E-state index is 14.0. The maximum Gasteiger partial charge on any atom is 0.309 e. The summed E-state index contributed by atoms with van der Waals surface area (Å²) >= 11 is 0. The van der Waals surface area contributed by atoms with E-state index < -0.39 is 116 Å². The molecule has 0 spiro atoms. The number of esters is 5. The van der Waals surface area contributed by atoms with Gasteiger partial charge >= 0.3 is 41.8 Å². The SMILES string of the molecule is CC(C)C1CC(C(=O)CC(C)(C)C)CC(C(=O)O)CC(CC(C)(C)C)C(=O)OCCOC(=O)C(CC(C)(C)C)CC(C(=O)OC(C)(C)C)CC(C(=O)O)CC(C(C)(C)C)C(=O)OCCOC1=O. The third-order valence-corrected chi connectivity index (χ3v) is 11.9. The van der Waals surface area contributed by atoms with Crippen LogP contribution in [0.4, 0.5) is 0 Å². The lowest BCUT2D eigenvalue weighted by Crippen LogP contribution is -2.37. The van der Waals surface area contributed by atoms with E-state index in [9.17, 15) is 48.6 Å². The molecule has 386 valence electrons. The third kappa shape index (κ3) is 24.2. The van der Waals surface area contributed by atoms with Gasteiger partial charge in [0.2, 0.25) is 0 Å². The summed E-state index contributed by atoms with van der Waals surface area (Å²) in [6, 6.07) is 0. The number of hydrogen-bond donors (Lipinski definition) is 2. The Hall–Kier alpha value is -4.04. The minimum atomic E-state index is -1.26. The fraction of sp³-hybridized carbons (Fsp3) is 0.846. The predicted molar refractivity (Wildman–Crippen MR) is 252 cm³/mol. The molecule has 8 unspecified atom stereocenters. The number of cyclic esters (lactones) is 4. The second-order valence-corrected chi connectivity index (χ2v) is 25.0. The highest BCUT2D eigenvalue weighted by atomic mass is 16.6. The van der Waals surface area contributed by atoms with Gasteiger partial charge in [0.15, 0.2) is 0 Å². The fourth-order valence-electron chi connectivity index (χ4n) is 8.72. The molecule has 2 N–H and O–H groups in total. The van der Waals surface area contributed by atoms with Crippen LogP contribution in [0.3, 0.4) is 0 Å². The van der Waals surface area contributed by atoms with Crippen molar-refractivity contribution in [2.45, 2.75) is 181 Å². The molecule has 0 aromatic rings. The van der Waals surface area contributed by atoms with Crippen LogP contribution in [0, 0.1) is 74.9 Å². The number of carbonyl (C=O) groups excluding carboxylic acids is 6. The first-order chi connectivity index (χ1) is 30.3. The number of ether oxygens (including phenoxy) is 5. The summed E-state index contributed by atoms with van der Waals surface area (Å²) in [7, 11) is 0. The van der Waals surface area contributed by atoms with Crippen molar-refractivity contribution >= 4 is 47.6 Å². The Morgan fingerprint density at radius 3 is 1.28 bits per heavy atom. The fourth-order valence-corrected chi connectivity index (χ4v) is 8.72. The summed E-state index contributed by atoms with van der Waals surface area (Å²) in [5.41, 5.74) is -3.11. The van der Waals surface area contributed by atoms with E-state index in [1.54, 1.807) is 55.4 Å². The summed E-state index contributed by atoms with van der Waals surface area (Å²) < 4.78 is 28.4. The Balaban J connectivity index is 3.92. The first-order valence-electron chi connectivity index (χ1n) is 24.2. The molecule has 15 heteroatoms. The lowest BCUT2D eigenvalue weighted by atomic mass is 9.73. The predicted octanol–water partition coefficient (Wildman–Crippen LogP) is 9.53. The normalized spacial score (nSPS) is 26.4. The van der Waals surface area contributed by atoms with Crippen LogP contribution in [0.25, 0.3) is 0 Å². The quantitative estimate of drug-likeness (QED) is 0.171. The molecule has 1 saturated heterocycles. The smallest absolute Gasteiger partial charge is 0.309 e. The van der Waals surface area contributed by atoms with Gasteiger partial charge in [0.05, 0.1) is 41.4 Å². The number of hydrogen-bond acceptors (Lipinski definition) is 13. The van der Waals surface area contributed by atoms with Crippen LogP contribution in [0.1, 0.15) is 175 Å². The van der Waals surface area contributed by atoms with Crippen molar-refractivity contribution in [2.75, 3.05) is 26.4 Å². The maximum atomic E-state index is 14.0. The van der Waals surface area contributed by atoms with Crippen molar-refractivity contribution in [1.29, 1.82) is 0 Å². The van der Waals surface area contributed by atoms with Gasteiger partial charge in [-0.25, -0.2) is 0 Å². The van der Waals surface area contributed by atoms with Gasteiger partial charge in [-0.1, -0.05) is 96.9 Å². The molecule has 0 amide bonds. The molecular weight excluding hydrogens is 865 g/mol. The van der Waals surface area contributed by atoms with Crippen LogP contribution < -0.4 is 0 Å².